The van der Waals surface area contributed by atoms with E-state index in [9.17, 15) is 8.96 Å². The van der Waals surface area contributed by atoms with Gasteiger partial charge >= 0.3 is 14.7 Å². The van der Waals surface area contributed by atoms with E-state index < -0.39 is 31.6 Å². The minimum Gasteiger partial charge on any atom is -0.398 e. The summed E-state index contributed by atoms with van der Waals surface area (Å²) in [5.74, 6) is 0. The molecule has 1 rings (SSSR count). The molecule has 1 aliphatic rings. The Morgan fingerprint density at radius 2 is 1.55 bits per heavy atom. The van der Waals surface area contributed by atoms with Crippen LogP contribution in [0.2, 0.25) is 0 Å². The van der Waals surface area contributed by atoms with Gasteiger partial charge in [-0.15, -0.1) is 0 Å². The van der Waals surface area contributed by atoms with Crippen LogP contribution in [0.3, 0.4) is 0 Å². The van der Waals surface area contributed by atoms with Crippen molar-refractivity contribution in [1.82, 2.24) is 0 Å². The molecular weight excluding hydrogens is 285 g/mol. The van der Waals surface area contributed by atoms with Gasteiger partial charge in [0.15, 0.2) is 0 Å². The van der Waals surface area contributed by atoms with Gasteiger partial charge in [0.1, 0.15) is 5.73 Å². The molecule has 0 aromatic rings. The van der Waals surface area contributed by atoms with Gasteiger partial charge < -0.3 is 18.4 Å². The Morgan fingerprint density at radius 3 is 1.90 bits per heavy atom. The van der Waals surface area contributed by atoms with Crippen LogP contribution in [0, 0.1) is 0 Å². The predicted octanol–water partition coefficient (Wildman–Crippen LogP) is 3.35. The Morgan fingerprint density at radius 1 is 1.15 bits per heavy atom. The molecule has 5 nitrogen and oxygen atoms in total. The Balaban J connectivity index is 2.92. The molecule has 0 unspecified atom stereocenters. The van der Waals surface area contributed by atoms with Gasteiger partial charge in [-0.1, -0.05) is 0 Å². The molecule has 1 saturated heterocycles. The average Bonchev–Trinajstić information content (AvgIpc) is 2.57. The van der Waals surface area contributed by atoms with Crippen molar-refractivity contribution < 1.29 is 27.3 Å². The molecular formula is C12H23BFO5P. The number of hydrogen-bond acceptors (Lipinski definition) is 5. The first-order valence-electron chi connectivity index (χ1n) is 6.39. The lowest BCUT2D eigenvalue weighted by Crippen LogP contribution is -2.41. The minimum atomic E-state index is -3.30. The summed E-state index contributed by atoms with van der Waals surface area (Å²) in [6.07, 6.45) is -0.143. The van der Waals surface area contributed by atoms with Gasteiger partial charge in [0.2, 0.25) is 0 Å². The van der Waals surface area contributed by atoms with Crippen molar-refractivity contribution in [2.45, 2.75) is 45.8 Å². The molecule has 1 fully saturated rings. The van der Waals surface area contributed by atoms with Crippen molar-refractivity contribution in [3.05, 3.63) is 11.3 Å². The Kier molecular flexibility index (Phi) is 5.26. The van der Waals surface area contributed by atoms with Gasteiger partial charge in [0.25, 0.3) is 0 Å². The van der Waals surface area contributed by atoms with E-state index in [-0.39, 0.29) is 11.7 Å². The summed E-state index contributed by atoms with van der Waals surface area (Å²) in [4.78, 5) is 0. The molecule has 0 atom stereocenters. The monoisotopic (exact) mass is 308 g/mol. The molecule has 116 valence electrons. The van der Waals surface area contributed by atoms with E-state index in [0.29, 0.717) is 0 Å². The third-order valence-electron chi connectivity index (χ3n) is 3.86. The van der Waals surface area contributed by atoms with E-state index in [1.54, 1.807) is 0 Å². The fourth-order valence-electron chi connectivity index (χ4n) is 1.72. The molecule has 8 heteroatoms. The SMILES string of the molecule is COP(=O)(CC(C)=C(F)B1OC(C)(C)C(C)(C)O1)OC. The van der Waals surface area contributed by atoms with Crippen LogP contribution in [0.4, 0.5) is 4.39 Å². The lowest BCUT2D eigenvalue weighted by Gasteiger charge is -2.32. The quantitative estimate of drug-likeness (QED) is 0.576. The van der Waals surface area contributed by atoms with Crippen molar-refractivity contribution in [3.8, 4) is 0 Å². The van der Waals surface area contributed by atoms with Gasteiger partial charge in [-0.25, -0.2) is 4.39 Å². The van der Waals surface area contributed by atoms with Crippen LogP contribution < -0.4 is 0 Å². The maximum atomic E-state index is 14.4. The maximum Gasteiger partial charge on any atom is 0.525 e. The number of rotatable bonds is 5. The molecule has 0 radical (unpaired) electrons. The highest BCUT2D eigenvalue weighted by Crippen LogP contribution is 2.49. The molecule has 0 saturated carbocycles. The number of allylic oxidation sites excluding steroid dienone is 1. The van der Waals surface area contributed by atoms with Crippen LogP contribution in [0.5, 0.6) is 0 Å². The Hall–Kier alpha value is -0.195. The molecule has 1 heterocycles. The first-order chi connectivity index (χ1) is 8.98. The molecule has 0 N–H and O–H groups in total. The fraction of sp³-hybridized carbons (Fsp3) is 0.833. The fourth-order valence-corrected chi connectivity index (χ4v) is 2.86. The van der Waals surface area contributed by atoms with Crippen molar-refractivity contribution in [1.29, 1.82) is 0 Å². The van der Waals surface area contributed by atoms with Gasteiger partial charge in [-0.3, -0.25) is 4.57 Å². The summed E-state index contributed by atoms with van der Waals surface area (Å²) in [6, 6.07) is 0. The summed E-state index contributed by atoms with van der Waals surface area (Å²) in [6.45, 7) is 8.87. The smallest absolute Gasteiger partial charge is 0.398 e. The third kappa shape index (κ3) is 3.52. The summed E-state index contributed by atoms with van der Waals surface area (Å²) in [7, 11) is -1.86. The highest BCUT2D eigenvalue weighted by molar-refractivity contribution is 7.54. The molecule has 0 spiro atoms. The number of halogens is 1. The Labute approximate surface area is 120 Å². The van der Waals surface area contributed by atoms with E-state index in [4.69, 9.17) is 18.4 Å². The van der Waals surface area contributed by atoms with E-state index >= 15 is 0 Å². The minimum absolute atomic E-state index is 0.143. The van der Waals surface area contributed by atoms with Crippen molar-refractivity contribution in [2.75, 3.05) is 20.4 Å². The van der Waals surface area contributed by atoms with E-state index in [0.717, 1.165) is 0 Å². The zero-order valence-electron chi connectivity index (χ0n) is 13.2. The Bertz CT molecular complexity index is 425. The van der Waals surface area contributed by atoms with Gasteiger partial charge in [-0.05, 0) is 40.2 Å². The average molecular weight is 308 g/mol. The highest BCUT2D eigenvalue weighted by atomic mass is 31.2. The zero-order valence-corrected chi connectivity index (χ0v) is 14.0. The van der Waals surface area contributed by atoms with Crippen molar-refractivity contribution in [2.24, 2.45) is 0 Å². The lowest BCUT2D eigenvalue weighted by atomic mass is 9.85. The third-order valence-corrected chi connectivity index (χ3v) is 5.83. The van der Waals surface area contributed by atoms with Crippen LogP contribution in [0.1, 0.15) is 34.6 Å². The van der Waals surface area contributed by atoms with Crippen LogP contribution in [0.25, 0.3) is 0 Å². The zero-order chi connectivity index (χ0) is 15.8. The summed E-state index contributed by atoms with van der Waals surface area (Å²) < 4.78 is 47.2. The van der Waals surface area contributed by atoms with E-state index in [2.05, 4.69) is 0 Å². The van der Waals surface area contributed by atoms with Crippen molar-refractivity contribution >= 4 is 14.7 Å². The van der Waals surface area contributed by atoms with Crippen molar-refractivity contribution in [3.63, 3.8) is 0 Å². The molecule has 0 bridgehead atoms. The number of hydrogen-bond donors (Lipinski definition) is 0. The summed E-state index contributed by atoms with van der Waals surface area (Å²) >= 11 is 0. The second-order valence-corrected chi connectivity index (χ2v) is 8.12. The first kappa shape index (κ1) is 17.9. The van der Waals surface area contributed by atoms with Crippen LogP contribution in [0.15, 0.2) is 11.3 Å². The van der Waals surface area contributed by atoms with E-state index in [1.807, 2.05) is 27.7 Å². The van der Waals surface area contributed by atoms with E-state index in [1.165, 1.54) is 21.1 Å². The molecule has 0 aromatic carbocycles. The van der Waals surface area contributed by atoms with Gasteiger partial charge in [-0.2, -0.15) is 0 Å². The second kappa shape index (κ2) is 5.89. The molecule has 0 aliphatic carbocycles. The van der Waals surface area contributed by atoms with Gasteiger partial charge in [0, 0.05) is 14.2 Å². The predicted molar refractivity (Wildman–Crippen MR) is 76.4 cm³/mol. The largest absolute Gasteiger partial charge is 0.525 e. The van der Waals surface area contributed by atoms with Crippen LogP contribution in [-0.2, 0) is 22.9 Å². The molecule has 20 heavy (non-hydrogen) atoms. The normalized spacial score (nSPS) is 22.9. The lowest BCUT2D eigenvalue weighted by molar-refractivity contribution is 0.00578. The first-order valence-corrected chi connectivity index (χ1v) is 8.12. The molecule has 0 amide bonds. The molecule has 0 aromatic heterocycles. The molecule has 1 aliphatic heterocycles. The van der Waals surface area contributed by atoms with Crippen LogP contribution >= 0.6 is 7.60 Å². The summed E-state index contributed by atoms with van der Waals surface area (Å²) in [5, 5.41) is 0. The van der Waals surface area contributed by atoms with Gasteiger partial charge in [0.05, 0.1) is 17.4 Å². The maximum absolute atomic E-state index is 14.4. The summed E-state index contributed by atoms with van der Waals surface area (Å²) in [5.41, 5.74) is -1.60. The topological polar surface area (TPSA) is 54.0 Å². The standard InChI is InChI=1S/C12H23BFO5P/c1-9(8-20(15,16-6)17-7)10(14)13-18-11(2,3)12(4,5)19-13/h8H2,1-7H3. The van der Waals surface area contributed by atoms with Crippen LogP contribution in [-0.4, -0.2) is 38.7 Å². The second-order valence-electron chi connectivity index (χ2n) is 5.85. The highest BCUT2D eigenvalue weighted by Gasteiger charge is 2.53.